The van der Waals surface area contributed by atoms with E-state index in [1.807, 2.05) is 4.90 Å². The summed E-state index contributed by atoms with van der Waals surface area (Å²) in [7, 11) is 0. The fourth-order valence-corrected chi connectivity index (χ4v) is 2.72. The van der Waals surface area contributed by atoms with Crippen molar-refractivity contribution < 1.29 is 13.5 Å². The van der Waals surface area contributed by atoms with Gasteiger partial charge in [0.25, 0.3) is 6.43 Å². The summed E-state index contributed by atoms with van der Waals surface area (Å²) in [4.78, 5) is 5.89. The van der Waals surface area contributed by atoms with Gasteiger partial charge in [-0.2, -0.15) is 0 Å². The summed E-state index contributed by atoms with van der Waals surface area (Å²) in [5.74, 6) is -0.00137. The minimum atomic E-state index is -2.68. The molecule has 1 aliphatic rings. The van der Waals surface area contributed by atoms with E-state index in [1.54, 1.807) is 37.3 Å². The van der Waals surface area contributed by atoms with Gasteiger partial charge in [0.1, 0.15) is 5.84 Å². The fourth-order valence-electron chi connectivity index (χ4n) is 2.72. The molecule has 0 amide bonds. The van der Waals surface area contributed by atoms with E-state index in [9.17, 15) is 8.78 Å². The highest BCUT2D eigenvalue weighted by Gasteiger charge is 2.20. The molecule has 1 aliphatic heterocycles. The largest absolute Gasteiger partial charge is 0.378 e. The highest BCUT2D eigenvalue weighted by molar-refractivity contribution is 5.95. The van der Waals surface area contributed by atoms with Crippen molar-refractivity contribution in [2.24, 2.45) is 0 Å². The molecule has 122 valence electrons. The molecule has 3 rings (SSSR count). The van der Waals surface area contributed by atoms with Crippen molar-refractivity contribution in [2.75, 3.05) is 26.3 Å². The Morgan fingerprint density at radius 2 is 2.00 bits per heavy atom. The molecule has 5 nitrogen and oxygen atoms in total. The third-order valence-electron chi connectivity index (χ3n) is 3.83. The first-order valence-electron chi connectivity index (χ1n) is 7.43. The first-order chi connectivity index (χ1) is 11.1. The van der Waals surface area contributed by atoms with Crippen molar-refractivity contribution in [2.45, 2.75) is 13.3 Å². The Balaban J connectivity index is 1.99. The first kappa shape index (κ1) is 15.6. The molecule has 0 saturated carbocycles. The van der Waals surface area contributed by atoms with Crippen LogP contribution >= 0.6 is 0 Å². The fraction of sp³-hybridized carbons (Fsp3) is 0.375. The van der Waals surface area contributed by atoms with Crippen LogP contribution in [0, 0.1) is 5.41 Å². The van der Waals surface area contributed by atoms with Crippen LogP contribution in [0.3, 0.4) is 0 Å². The molecular formula is C16H18F2N4O. The van der Waals surface area contributed by atoms with Crippen molar-refractivity contribution in [3.63, 3.8) is 0 Å². The summed E-state index contributed by atoms with van der Waals surface area (Å²) in [6.45, 7) is 4.14. The van der Waals surface area contributed by atoms with Crippen LogP contribution in [-0.4, -0.2) is 46.6 Å². The lowest BCUT2D eigenvalue weighted by atomic mass is 10.3. The lowest BCUT2D eigenvalue weighted by Gasteiger charge is -2.28. The van der Waals surface area contributed by atoms with E-state index in [-0.39, 0.29) is 5.82 Å². The van der Waals surface area contributed by atoms with Gasteiger partial charge < -0.3 is 9.64 Å². The molecule has 1 aromatic carbocycles. The van der Waals surface area contributed by atoms with Crippen molar-refractivity contribution in [3.05, 3.63) is 36.2 Å². The highest BCUT2D eigenvalue weighted by atomic mass is 19.3. The van der Waals surface area contributed by atoms with Crippen LogP contribution in [-0.2, 0) is 4.74 Å². The SMILES string of the molecule is C/C(=C\C(=N)N1CCOCC1)n1c(C(F)F)nc2ccccc21. The van der Waals surface area contributed by atoms with Gasteiger partial charge in [-0.15, -0.1) is 0 Å². The highest BCUT2D eigenvalue weighted by Crippen LogP contribution is 2.27. The summed E-state index contributed by atoms with van der Waals surface area (Å²) < 4.78 is 33.3. The number of hydrogen-bond donors (Lipinski definition) is 1. The van der Waals surface area contributed by atoms with Crippen LogP contribution in [0.1, 0.15) is 19.2 Å². The number of aromatic nitrogens is 2. The molecule has 2 aromatic rings. The number of para-hydroxylation sites is 2. The van der Waals surface area contributed by atoms with Gasteiger partial charge >= 0.3 is 0 Å². The quantitative estimate of drug-likeness (QED) is 0.698. The molecule has 1 N–H and O–H groups in total. The Hall–Kier alpha value is -2.28. The molecule has 0 atom stereocenters. The number of imidazole rings is 1. The maximum atomic E-state index is 13.3. The Morgan fingerprint density at radius 3 is 2.70 bits per heavy atom. The maximum Gasteiger partial charge on any atom is 0.295 e. The number of ether oxygens (including phenoxy) is 1. The van der Waals surface area contributed by atoms with Gasteiger partial charge in [0.05, 0.1) is 24.2 Å². The van der Waals surface area contributed by atoms with Crippen molar-refractivity contribution in [3.8, 4) is 0 Å². The minimum Gasteiger partial charge on any atom is -0.378 e. The summed E-state index contributed by atoms with van der Waals surface area (Å²) in [6, 6.07) is 7.02. The van der Waals surface area contributed by atoms with Crippen LogP contribution in [0.4, 0.5) is 8.78 Å². The Bertz CT molecular complexity index is 748. The van der Waals surface area contributed by atoms with E-state index in [4.69, 9.17) is 10.1 Å². The average molecular weight is 320 g/mol. The van der Waals surface area contributed by atoms with Crippen LogP contribution in [0.15, 0.2) is 30.3 Å². The zero-order valence-electron chi connectivity index (χ0n) is 12.8. The number of benzene rings is 1. The number of fused-ring (bicyclic) bond motifs is 1. The molecule has 1 fully saturated rings. The zero-order valence-corrected chi connectivity index (χ0v) is 12.8. The maximum absolute atomic E-state index is 13.3. The van der Waals surface area contributed by atoms with Crippen LogP contribution < -0.4 is 0 Å². The molecule has 1 aromatic heterocycles. The van der Waals surface area contributed by atoms with E-state index in [2.05, 4.69) is 4.98 Å². The number of alkyl halides is 2. The van der Waals surface area contributed by atoms with Gasteiger partial charge in [0, 0.05) is 18.8 Å². The van der Waals surface area contributed by atoms with Crippen molar-refractivity contribution >= 4 is 22.6 Å². The number of halogens is 2. The minimum absolute atomic E-state index is 0.295. The standard InChI is InChI=1S/C16H18F2N4O/c1-11(10-14(19)21-6-8-23-9-7-21)22-13-5-3-2-4-12(13)20-16(22)15(17)18/h2-5,10,15,19H,6-9H2,1H3/b11-10+,19-14?. The molecule has 1 saturated heterocycles. The van der Waals surface area contributed by atoms with Crippen molar-refractivity contribution in [1.29, 1.82) is 5.41 Å². The van der Waals surface area contributed by atoms with Gasteiger partial charge in [0.15, 0.2) is 5.82 Å². The molecular weight excluding hydrogens is 302 g/mol. The van der Waals surface area contributed by atoms with E-state index < -0.39 is 6.43 Å². The van der Waals surface area contributed by atoms with Crippen LogP contribution in [0.5, 0.6) is 0 Å². The van der Waals surface area contributed by atoms with Gasteiger partial charge in [-0.3, -0.25) is 9.98 Å². The lowest BCUT2D eigenvalue weighted by molar-refractivity contribution is 0.0681. The number of nitrogens with one attached hydrogen (secondary N) is 1. The average Bonchev–Trinajstić information content (AvgIpc) is 2.95. The Kier molecular flexibility index (Phi) is 4.38. The molecule has 0 spiro atoms. The van der Waals surface area contributed by atoms with E-state index in [0.29, 0.717) is 48.9 Å². The summed E-state index contributed by atoms with van der Waals surface area (Å²) >= 11 is 0. The number of hydrogen-bond acceptors (Lipinski definition) is 3. The van der Waals surface area contributed by atoms with Crippen LogP contribution in [0.2, 0.25) is 0 Å². The molecule has 23 heavy (non-hydrogen) atoms. The third-order valence-corrected chi connectivity index (χ3v) is 3.83. The van der Waals surface area contributed by atoms with E-state index in [1.165, 1.54) is 4.57 Å². The van der Waals surface area contributed by atoms with Gasteiger partial charge in [-0.05, 0) is 25.1 Å². The molecule has 7 heteroatoms. The predicted octanol–water partition coefficient (Wildman–Crippen LogP) is 3.14. The Labute approximate surface area is 132 Å². The molecule has 0 bridgehead atoms. The van der Waals surface area contributed by atoms with Crippen LogP contribution in [0.25, 0.3) is 16.7 Å². The van der Waals surface area contributed by atoms with E-state index >= 15 is 0 Å². The second kappa shape index (κ2) is 6.45. The summed E-state index contributed by atoms with van der Waals surface area (Å²) in [6.07, 6.45) is -1.07. The molecule has 2 heterocycles. The second-order valence-electron chi connectivity index (χ2n) is 5.37. The summed E-state index contributed by atoms with van der Waals surface area (Å²) in [5, 5.41) is 8.17. The third kappa shape index (κ3) is 3.10. The zero-order chi connectivity index (χ0) is 16.4. The van der Waals surface area contributed by atoms with E-state index in [0.717, 1.165) is 0 Å². The van der Waals surface area contributed by atoms with Gasteiger partial charge in [-0.25, -0.2) is 13.8 Å². The number of morpholine rings is 1. The van der Waals surface area contributed by atoms with Crippen molar-refractivity contribution in [1.82, 2.24) is 14.5 Å². The number of nitrogens with zero attached hydrogens (tertiary/aromatic N) is 3. The molecule has 0 unspecified atom stereocenters. The molecule has 0 radical (unpaired) electrons. The monoisotopic (exact) mass is 320 g/mol. The Morgan fingerprint density at radius 1 is 1.30 bits per heavy atom. The number of amidine groups is 1. The second-order valence-corrected chi connectivity index (χ2v) is 5.37. The lowest BCUT2D eigenvalue weighted by Crippen LogP contribution is -2.39. The van der Waals surface area contributed by atoms with Gasteiger partial charge in [-0.1, -0.05) is 12.1 Å². The smallest absolute Gasteiger partial charge is 0.295 e. The summed E-state index contributed by atoms with van der Waals surface area (Å²) in [5.41, 5.74) is 1.69. The number of allylic oxidation sites excluding steroid dienone is 1. The first-order valence-corrected chi connectivity index (χ1v) is 7.43. The van der Waals surface area contributed by atoms with Gasteiger partial charge in [0.2, 0.25) is 0 Å². The normalized spacial score (nSPS) is 16.3. The predicted molar refractivity (Wildman–Crippen MR) is 84.8 cm³/mol. The number of rotatable bonds is 3. The molecule has 0 aliphatic carbocycles. The topological polar surface area (TPSA) is 54.1 Å².